The maximum atomic E-state index is 11.4. The van der Waals surface area contributed by atoms with E-state index in [4.69, 9.17) is 4.74 Å². The fraction of sp³-hybridized carbons (Fsp3) is 0.731. The number of aliphatic hydroxyl groups is 2. The molecule has 0 aromatic rings. The van der Waals surface area contributed by atoms with Gasteiger partial charge in [0.25, 0.3) is 0 Å². The molecular weight excluding hydrogens is 376 g/mol. The molecule has 168 valence electrons. The number of carbonyl (C=O) groups excluding carboxylic acids is 1. The van der Waals surface area contributed by atoms with Crippen molar-refractivity contribution in [2.45, 2.75) is 97.9 Å². The molecule has 1 heterocycles. The minimum Gasteiger partial charge on any atom is -0.429 e. The van der Waals surface area contributed by atoms with Gasteiger partial charge in [-0.25, -0.2) is 4.79 Å². The fourth-order valence-corrected chi connectivity index (χ4v) is 6.25. The third-order valence-electron chi connectivity index (χ3n) is 8.23. The first kappa shape index (κ1) is 23.3. The SMILES string of the molecule is C=C(C)CCC[C@]1(C)CCC[C@@H]2C1=CC[C@@H](C)[C@]2(C)CC(O)CC1=CC(=O)OC1O. The molecule has 0 amide bonds. The molecule has 1 aliphatic heterocycles. The zero-order valence-electron chi connectivity index (χ0n) is 19.2. The molecular formula is C26H40O4. The van der Waals surface area contributed by atoms with Crippen LogP contribution in [0.4, 0.5) is 0 Å². The Balaban J connectivity index is 1.74. The summed E-state index contributed by atoms with van der Waals surface area (Å²) >= 11 is 0. The summed E-state index contributed by atoms with van der Waals surface area (Å²) in [5.41, 5.74) is 3.62. The van der Waals surface area contributed by atoms with Gasteiger partial charge in [0.1, 0.15) is 0 Å². The van der Waals surface area contributed by atoms with Crippen LogP contribution in [0, 0.1) is 22.7 Å². The zero-order valence-corrected chi connectivity index (χ0v) is 19.2. The summed E-state index contributed by atoms with van der Waals surface area (Å²) in [6.45, 7) is 13.3. The van der Waals surface area contributed by atoms with Crippen molar-refractivity contribution < 1.29 is 19.7 Å². The first-order valence-electron chi connectivity index (χ1n) is 11.7. The molecule has 3 aliphatic rings. The van der Waals surface area contributed by atoms with Crippen molar-refractivity contribution in [3.05, 3.63) is 35.5 Å². The smallest absolute Gasteiger partial charge is 0.333 e. The summed E-state index contributed by atoms with van der Waals surface area (Å²) in [6, 6.07) is 0. The molecule has 0 aromatic carbocycles. The molecule has 0 radical (unpaired) electrons. The number of aliphatic hydroxyl groups excluding tert-OH is 2. The van der Waals surface area contributed by atoms with Crippen LogP contribution in [0.1, 0.15) is 85.5 Å². The van der Waals surface area contributed by atoms with Crippen LogP contribution < -0.4 is 0 Å². The number of fused-ring (bicyclic) bond motifs is 1. The van der Waals surface area contributed by atoms with Crippen LogP contribution in [0.3, 0.4) is 0 Å². The van der Waals surface area contributed by atoms with Crippen LogP contribution in [0.5, 0.6) is 0 Å². The van der Waals surface area contributed by atoms with Crippen molar-refractivity contribution in [1.29, 1.82) is 0 Å². The maximum absolute atomic E-state index is 11.4. The van der Waals surface area contributed by atoms with Crippen molar-refractivity contribution in [2.24, 2.45) is 22.7 Å². The number of esters is 1. The Labute approximate surface area is 182 Å². The standard InChI is InChI=1S/C26H40O4/c1-17(2)8-6-12-25(4)13-7-9-22-21(25)11-10-18(3)26(22,5)16-20(27)14-19-15-23(28)30-24(19)29/h11,15,18,20,22,24,27,29H,1,6-10,12-14,16H2,2-5H3/t18-,20?,22-,24?,25-,26+/m1/s1. The summed E-state index contributed by atoms with van der Waals surface area (Å²) in [5.74, 6) is 0.448. The number of hydrogen-bond acceptors (Lipinski definition) is 4. The summed E-state index contributed by atoms with van der Waals surface area (Å²) in [7, 11) is 0. The second-order valence-corrected chi connectivity index (χ2v) is 10.7. The average molecular weight is 417 g/mol. The molecule has 6 atom stereocenters. The van der Waals surface area contributed by atoms with E-state index >= 15 is 0 Å². The van der Waals surface area contributed by atoms with Gasteiger partial charge in [0, 0.05) is 18.1 Å². The number of allylic oxidation sites excluding steroid dienone is 3. The molecule has 1 saturated carbocycles. The summed E-state index contributed by atoms with van der Waals surface area (Å²) < 4.78 is 4.78. The van der Waals surface area contributed by atoms with Gasteiger partial charge in [-0.05, 0) is 74.5 Å². The predicted molar refractivity (Wildman–Crippen MR) is 120 cm³/mol. The van der Waals surface area contributed by atoms with Crippen LogP contribution in [0.2, 0.25) is 0 Å². The van der Waals surface area contributed by atoms with Gasteiger partial charge in [-0.3, -0.25) is 0 Å². The molecule has 2 aliphatic carbocycles. The van der Waals surface area contributed by atoms with Crippen LogP contribution in [0.15, 0.2) is 35.5 Å². The topological polar surface area (TPSA) is 66.8 Å². The molecule has 0 bridgehead atoms. The first-order chi connectivity index (χ1) is 14.0. The number of carbonyl (C=O) groups is 1. The Morgan fingerprint density at radius 2 is 2.13 bits per heavy atom. The fourth-order valence-electron chi connectivity index (χ4n) is 6.25. The quantitative estimate of drug-likeness (QED) is 0.408. The Hall–Kier alpha value is -1.39. The Morgan fingerprint density at radius 1 is 1.40 bits per heavy atom. The zero-order chi connectivity index (χ0) is 22.1. The van der Waals surface area contributed by atoms with Crippen LogP contribution in [-0.2, 0) is 9.53 Å². The maximum Gasteiger partial charge on any atom is 0.333 e. The van der Waals surface area contributed by atoms with Crippen molar-refractivity contribution in [2.75, 3.05) is 0 Å². The highest BCUT2D eigenvalue weighted by atomic mass is 16.6. The van der Waals surface area contributed by atoms with Gasteiger partial charge in [-0.1, -0.05) is 44.4 Å². The first-order valence-corrected chi connectivity index (χ1v) is 11.7. The summed E-state index contributed by atoms with van der Waals surface area (Å²) in [4.78, 5) is 11.4. The van der Waals surface area contributed by atoms with Crippen molar-refractivity contribution in [3.63, 3.8) is 0 Å². The van der Waals surface area contributed by atoms with Gasteiger partial charge in [0.05, 0.1) is 6.10 Å². The largest absolute Gasteiger partial charge is 0.429 e. The lowest BCUT2D eigenvalue weighted by Gasteiger charge is -2.54. The summed E-state index contributed by atoms with van der Waals surface area (Å²) in [5, 5.41) is 20.8. The lowest BCUT2D eigenvalue weighted by molar-refractivity contribution is -0.151. The number of cyclic esters (lactones) is 1. The minimum atomic E-state index is -1.20. The van der Waals surface area contributed by atoms with Gasteiger partial charge in [-0.15, -0.1) is 6.58 Å². The third kappa shape index (κ3) is 4.75. The van der Waals surface area contributed by atoms with E-state index in [9.17, 15) is 15.0 Å². The van der Waals surface area contributed by atoms with E-state index in [-0.39, 0.29) is 17.3 Å². The van der Waals surface area contributed by atoms with E-state index in [1.54, 1.807) is 5.57 Å². The van der Waals surface area contributed by atoms with E-state index in [2.05, 4.69) is 40.3 Å². The second kappa shape index (κ2) is 9.00. The molecule has 4 nitrogen and oxygen atoms in total. The Bertz CT molecular complexity index is 735. The van der Waals surface area contributed by atoms with Crippen LogP contribution in [0.25, 0.3) is 0 Å². The second-order valence-electron chi connectivity index (χ2n) is 10.7. The third-order valence-corrected chi connectivity index (χ3v) is 8.23. The van der Waals surface area contributed by atoms with E-state index in [0.29, 0.717) is 23.8 Å². The normalized spacial score (nSPS) is 37.1. The van der Waals surface area contributed by atoms with Crippen molar-refractivity contribution >= 4 is 5.97 Å². The Kier molecular flexibility index (Phi) is 6.98. The van der Waals surface area contributed by atoms with Gasteiger partial charge < -0.3 is 14.9 Å². The molecule has 0 spiro atoms. The number of rotatable bonds is 8. The molecule has 1 fully saturated rings. The van der Waals surface area contributed by atoms with E-state index in [0.717, 1.165) is 12.8 Å². The predicted octanol–water partition coefficient (Wildman–Crippen LogP) is 5.45. The number of ether oxygens (including phenoxy) is 1. The summed E-state index contributed by atoms with van der Waals surface area (Å²) in [6.07, 6.45) is 11.2. The lowest BCUT2D eigenvalue weighted by Crippen LogP contribution is -2.46. The van der Waals surface area contributed by atoms with Gasteiger partial charge in [-0.2, -0.15) is 0 Å². The molecule has 2 N–H and O–H groups in total. The van der Waals surface area contributed by atoms with Crippen LogP contribution >= 0.6 is 0 Å². The highest BCUT2D eigenvalue weighted by Crippen LogP contribution is 2.59. The highest BCUT2D eigenvalue weighted by Gasteiger charge is 2.50. The molecule has 0 saturated heterocycles. The van der Waals surface area contributed by atoms with E-state index < -0.39 is 18.4 Å². The minimum absolute atomic E-state index is 0.00845. The van der Waals surface area contributed by atoms with Gasteiger partial charge >= 0.3 is 5.97 Å². The molecule has 30 heavy (non-hydrogen) atoms. The Morgan fingerprint density at radius 3 is 2.77 bits per heavy atom. The van der Waals surface area contributed by atoms with E-state index in [1.165, 1.54) is 43.8 Å². The monoisotopic (exact) mass is 416 g/mol. The van der Waals surface area contributed by atoms with Crippen LogP contribution in [-0.4, -0.2) is 28.6 Å². The van der Waals surface area contributed by atoms with E-state index in [1.807, 2.05) is 0 Å². The molecule has 0 aromatic heterocycles. The molecule has 2 unspecified atom stereocenters. The van der Waals surface area contributed by atoms with Gasteiger partial charge in [0.2, 0.25) is 6.29 Å². The van der Waals surface area contributed by atoms with Crippen molar-refractivity contribution in [1.82, 2.24) is 0 Å². The lowest BCUT2D eigenvalue weighted by atomic mass is 9.50. The molecule has 3 rings (SSSR count). The highest BCUT2D eigenvalue weighted by molar-refractivity contribution is 5.85. The van der Waals surface area contributed by atoms with Gasteiger partial charge in [0.15, 0.2) is 0 Å². The number of hydrogen-bond donors (Lipinski definition) is 2. The molecule has 4 heteroatoms. The van der Waals surface area contributed by atoms with Crippen molar-refractivity contribution in [3.8, 4) is 0 Å². The average Bonchev–Trinajstić information content (AvgIpc) is 2.95.